The number of nitro benzene ring substituents is 1. The van der Waals surface area contributed by atoms with Crippen LogP contribution >= 0.6 is 0 Å². The number of nitrogens with zero attached hydrogens (tertiary/aromatic N) is 2. The molecule has 0 amide bonds. The number of nitrogens with one attached hydrogen (secondary N) is 1. The molecule has 0 aliphatic heterocycles. The number of hydrogen-bond donors (Lipinski definition) is 2. The third kappa shape index (κ3) is 10.2. The number of carbonyl (C=O) groups is 1. The maximum Gasteiger partial charge on any atom is 0.339 e. The summed E-state index contributed by atoms with van der Waals surface area (Å²) in [6.07, 6.45) is 0.228. The number of carboxylic acid groups (broad SMARTS) is 1. The molecule has 13 nitrogen and oxygen atoms in total. The van der Waals surface area contributed by atoms with Crippen LogP contribution in [0.25, 0.3) is 0 Å². The van der Waals surface area contributed by atoms with Crippen LogP contribution in [0.3, 0.4) is 0 Å². The van der Waals surface area contributed by atoms with Gasteiger partial charge in [-0.25, -0.2) is 17.6 Å². The summed E-state index contributed by atoms with van der Waals surface area (Å²) in [5, 5.41) is 23.9. The van der Waals surface area contributed by atoms with Crippen LogP contribution < -0.4 is 14.8 Å². The van der Waals surface area contributed by atoms with Gasteiger partial charge in [0.25, 0.3) is 5.69 Å². The summed E-state index contributed by atoms with van der Waals surface area (Å²) >= 11 is 0. The predicted molar refractivity (Wildman–Crippen MR) is 175 cm³/mol. The molecule has 0 spiro atoms. The zero-order valence-electron chi connectivity index (χ0n) is 27.6. The van der Waals surface area contributed by atoms with Crippen LogP contribution in [-0.4, -0.2) is 81.0 Å². The molecule has 0 heterocycles. The number of rotatable bonds is 20. The Balaban J connectivity index is 1.66. The maximum absolute atomic E-state index is 13.6. The van der Waals surface area contributed by atoms with E-state index in [0.29, 0.717) is 19.8 Å². The Morgan fingerprint density at radius 1 is 1.08 bits per heavy atom. The van der Waals surface area contributed by atoms with Crippen LogP contribution in [0.15, 0.2) is 71.6 Å². The predicted octanol–water partition coefficient (Wildman–Crippen LogP) is 5.09. The highest BCUT2D eigenvalue weighted by Gasteiger charge is 2.43. The molecule has 2 N–H and O–H groups in total. The zero-order valence-corrected chi connectivity index (χ0v) is 28.4. The summed E-state index contributed by atoms with van der Waals surface area (Å²) in [6, 6.07) is 15.2. The lowest BCUT2D eigenvalue weighted by Crippen LogP contribution is -2.56. The summed E-state index contributed by atoms with van der Waals surface area (Å²) in [6.45, 7) is 6.55. The Bertz CT molecular complexity index is 1620. The van der Waals surface area contributed by atoms with Gasteiger partial charge in [-0.05, 0) is 61.9 Å². The Hall–Kier alpha value is -4.15. The van der Waals surface area contributed by atoms with E-state index in [0.717, 1.165) is 39.9 Å². The van der Waals surface area contributed by atoms with Crippen LogP contribution in [0.2, 0.25) is 0 Å². The van der Waals surface area contributed by atoms with Crippen molar-refractivity contribution in [3.63, 3.8) is 0 Å². The van der Waals surface area contributed by atoms with E-state index in [9.17, 15) is 32.8 Å². The van der Waals surface area contributed by atoms with E-state index < -0.39 is 38.4 Å². The number of nitro groups is 1. The van der Waals surface area contributed by atoms with Crippen LogP contribution in [0.4, 0.5) is 10.1 Å². The van der Waals surface area contributed by atoms with Gasteiger partial charge in [-0.1, -0.05) is 19.1 Å². The molecule has 0 radical (unpaired) electrons. The van der Waals surface area contributed by atoms with Gasteiger partial charge in [0, 0.05) is 44.1 Å². The van der Waals surface area contributed by atoms with Crippen molar-refractivity contribution in [2.75, 3.05) is 40.5 Å². The Kier molecular flexibility index (Phi) is 13.8. The van der Waals surface area contributed by atoms with E-state index in [2.05, 4.69) is 5.32 Å². The molecular weight excluding hydrogens is 649 g/mol. The highest BCUT2D eigenvalue weighted by molar-refractivity contribution is 7.89. The van der Waals surface area contributed by atoms with Crippen molar-refractivity contribution in [1.82, 2.24) is 9.62 Å². The van der Waals surface area contributed by atoms with Crippen molar-refractivity contribution < 1.29 is 46.6 Å². The molecule has 3 atom stereocenters. The number of carboxylic acids is 1. The average Bonchev–Trinajstić information content (AvgIpc) is 3.06. The van der Waals surface area contributed by atoms with Crippen LogP contribution in [-0.2, 0) is 26.1 Å². The number of benzene rings is 3. The molecule has 262 valence electrons. The quantitative estimate of drug-likeness (QED) is 0.0701. The molecule has 0 bridgehead atoms. The molecule has 3 aromatic rings. The van der Waals surface area contributed by atoms with Gasteiger partial charge in [-0.2, -0.15) is 4.31 Å². The first-order chi connectivity index (χ1) is 22.7. The second-order valence-corrected chi connectivity index (χ2v) is 13.3. The third-order valence-corrected chi connectivity index (χ3v) is 9.88. The molecule has 0 unspecified atom stereocenters. The summed E-state index contributed by atoms with van der Waals surface area (Å²) in [5.74, 6) is -1.67. The van der Waals surface area contributed by atoms with E-state index in [-0.39, 0.29) is 47.6 Å². The fourth-order valence-electron chi connectivity index (χ4n) is 4.69. The van der Waals surface area contributed by atoms with Crippen LogP contribution in [0.1, 0.15) is 43.1 Å². The first-order valence-corrected chi connectivity index (χ1v) is 16.6. The molecule has 0 aliphatic carbocycles. The summed E-state index contributed by atoms with van der Waals surface area (Å²) in [5.41, 5.74) is -1.16. The first-order valence-electron chi connectivity index (χ1n) is 15.2. The summed E-state index contributed by atoms with van der Waals surface area (Å²) < 4.78 is 64.9. The number of halogens is 1. The van der Waals surface area contributed by atoms with Gasteiger partial charge in [0.05, 0.1) is 43.4 Å². The largest absolute Gasteiger partial charge is 0.497 e. The molecule has 0 saturated heterocycles. The number of methoxy groups -OCH3 is 1. The van der Waals surface area contributed by atoms with Crippen molar-refractivity contribution in [3.05, 3.63) is 93.8 Å². The Morgan fingerprint density at radius 3 is 2.35 bits per heavy atom. The summed E-state index contributed by atoms with van der Waals surface area (Å²) in [7, 11) is -1.14. The van der Waals surface area contributed by atoms with Gasteiger partial charge in [-0.15, -0.1) is 0 Å². The molecule has 3 rings (SSSR count). The minimum absolute atomic E-state index is 0.0139. The summed E-state index contributed by atoms with van der Waals surface area (Å²) in [4.78, 5) is 21.9. The van der Waals surface area contributed by atoms with E-state index in [1.165, 1.54) is 25.2 Å². The molecule has 0 saturated carbocycles. The maximum atomic E-state index is 13.6. The molecule has 0 aliphatic rings. The van der Waals surface area contributed by atoms with E-state index in [1.807, 2.05) is 38.1 Å². The van der Waals surface area contributed by atoms with Crippen LogP contribution in [0, 0.1) is 21.8 Å². The standard InChI is InChI=1S/C33H42FN3O10S/c1-23(20-35-24(2)21-45-22-25-7-12-28(44-5)13-8-25)33(3,36(4)48(42,43)29-14-9-26(34)10-15-29)47-18-6-17-46-31-16-11-27(37(40)41)19-30(31)32(38)39/h7-16,19,23-24,35H,6,17-18,20-22H2,1-5H3,(H,38,39)/t23-,24+,33-/m1/s1. The van der Waals surface area contributed by atoms with Crippen molar-refractivity contribution in [3.8, 4) is 11.5 Å². The topological polar surface area (TPSA) is 167 Å². The van der Waals surface area contributed by atoms with Crippen molar-refractivity contribution in [1.29, 1.82) is 0 Å². The van der Waals surface area contributed by atoms with Gasteiger partial charge in [0.2, 0.25) is 10.0 Å². The zero-order chi connectivity index (χ0) is 35.5. The monoisotopic (exact) mass is 691 g/mol. The lowest BCUT2D eigenvalue weighted by atomic mass is 9.98. The smallest absolute Gasteiger partial charge is 0.339 e. The average molecular weight is 692 g/mol. The normalized spacial score (nSPS) is 14.2. The number of hydrogen-bond acceptors (Lipinski definition) is 10. The Labute approximate surface area is 279 Å². The lowest BCUT2D eigenvalue weighted by Gasteiger charge is -2.42. The van der Waals surface area contributed by atoms with Gasteiger partial charge < -0.3 is 29.4 Å². The van der Waals surface area contributed by atoms with E-state index >= 15 is 0 Å². The lowest BCUT2D eigenvalue weighted by molar-refractivity contribution is -0.384. The van der Waals surface area contributed by atoms with Gasteiger partial charge in [0.1, 0.15) is 28.6 Å². The van der Waals surface area contributed by atoms with Crippen molar-refractivity contribution >= 4 is 21.7 Å². The number of sulfonamides is 1. The fourth-order valence-corrected chi connectivity index (χ4v) is 6.20. The molecule has 48 heavy (non-hydrogen) atoms. The minimum Gasteiger partial charge on any atom is -0.497 e. The van der Waals surface area contributed by atoms with E-state index in [4.69, 9.17) is 18.9 Å². The SMILES string of the molecule is COc1ccc(COC[C@H](C)NC[C@@H](C)[C@@](C)(OCCCOc2ccc([N+](=O)[O-])cc2C(=O)O)N(C)S(=O)(=O)c2ccc(F)cc2)cc1. The van der Waals surface area contributed by atoms with Crippen molar-refractivity contribution in [2.45, 2.75) is 50.5 Å². The van der Waals surface area contributed by atoms with Crippen molar-refractivity contribution in [2.24, 2.45) is 5.92 Å². The molecular formula is C33H42FN3O10S. The molecule has 15 heteroatoms. The van der Waals surface area contributed by atoms with Gasteiger partial charge in [-0.3, -0.25) is 10.1 Å². The highest BCUT2D eigenvalue weighted by atomic mass is 32.2. The van der Waals surface area contributed by atoms with Gasteiger partial charge >= 0.3 is 5.97 Å². The molecule has 0 aromatic heterocycles. The number of ether oxygens (including phenoxy) is 4. The third-order valence-electron chi connectivity index (χ3n) is 7.92. The second-order valence-electron chi connectivity index (χ2n) is 11.3. The van der Waals surface area contributed by atoms with Gasteiger partial charge in [0.15, 0.2) is 0 Å². The first kappa shape index (κ1) is 38.3. The molecule has 0 fully saturated rings. The highest BCUT2D eigenvalue weighted by Crippen LogP contribution is 2.31. The van der Waals surface area contributed by atoms with Crippen LogP contribution in [0.5, 0.6) is 11.5 Å². The number of aromatic carboxylic acids is 1. The minimum atomic E-state index is -4.13. The molecule has 3 aromatic carbocycles. The van der Waals surface area contributed by atoms with E-state index in [1.54, 1.807) is 14.0 Å². The number of non-ortho nitro benzene ring substituents is 1. The fraction of sp³-hybridized carbons (Fsp3) is 0.424. The Morgan fingerprint density at radius 2 is 1.75 bits per heavy atom. The second kappa shape index (κ2) is 17.3.